The van der Waals surface area contributed by atoms with E-state index in [-0.39, 0.29) is 68.5 Å². The van der Waals surface area contributed by atoms with Gasteiger partial charge in [-0.15, -0.1) is 0 Å². The molecule has 2 atom stereocenters. The van der Waals surface area contributed by atoms with Crippen molar-refractivity contribution in [2.45, 2.75) is 76.6 Å². The third-order valence-electron chi connectivity index (χ3n) is 13.1. The fourth-order valence-electron chi connectivity index (χ4n) is 8.64. The number of nitriles is 1. The maximum absolute atomic E-state index is 13.8. The summed E-state index contributed by atoms with van der Waals surface area (Å²) in [7, 11) is 4.12. The van der Waals surface area contributed by atoms with Gasteiger partial charge in [0.15, 0.2) is 0 Å². The average Bonchev–Trinajstić information content (AvgIpc) is 2.12. The zero-order valence-electron chi connectivity index (χ0n) is 46.1. The van der Waals surface area contributed by atoms with Crippen LogP contribution in [0.25, 0.3) is 33.2 Å². The first-order valence-corrected chi connectivity index (χ1v) is 29.2. The molecular weight excluding hydrogens is 1120 g/mol. The lowest BCUT2D eigenvalue weighted by molar-refractivity contribution is -0.131. The highest BCUT2D eigenvalue weighted by Gasteiger charge is 2.47. The van der Waals surface area contributed by atoms with Gasteiger partial charge >= 0.3 is 6.09 Å². The van der Waals surface area contributed by atoms with Gasteiger partial charge in [0.1, 0.15) is 18.7 Å². The van der Waals surface area contributed by atoms with E-state index in [0.29, 0.717) is 35.9 Å². The van der Waals surface area contributed by atoms with Crippen LogP contribution in [0.15, 0.2) is 104 Å². The van der Waals surface area contributed by atoms with E-state index in [1.807, 2.05) is 61.5 Å². The molecule has 1 aliphatic rings. The molecule has 7 amide bonds. The summed E-state index contributed by atoms with van der Waals surface area (Å²) in [5, 5.41) is 26.0. The summed E-state index contributed by atoms with van der Waals surface area (Å²) in [5.41, 5.74) is 13.9. The Kier molecular flexibility index (Phi) is 23.1. The van der Waals surface area contributed by atoms with Gasteiger partial charge < -0.3 is 52.0 Å². The molecule has 0 saturated carbocycles. The van der Waals surface area contributed by atoms with Crippen LogP contribution in [-0.4, -0.2) is 136 Å². The number of alkyl carbamates (subject to hydrolysis) is 1. The number of nitrogens with zero attached hydrogens (tertiary/aromatic N) is 6. The van der Waals surface area contributed by atoms with E-state index in [4.69, 9.17) is 15.2 Å². The number of hydrogen-bond donors (Lipinski definition) is 7. The van der Waals surface area contributed by atoms with Gasteiger partial charge in [-0.3, -0.25) is 43.7 Å². The second-order valence-electron chi connectivity index (χ2n) is 19.4. The second kappa shape index (κ2) is 30.9. The highest BCUT2D eigenvalue weighted by atomic mass is 33.1. The minimum Gasteiger partial charge on any atom is -0.480 e. The SMILES string of the molecule is COc1ncc(-c2ccc3nccc(-c4ccc(COC(=O)NCCSSCC(NC(=O)CCC(=O)NCc5cc(C(=O)NCC(=O)N6CC(F)(F)C[C@H]6C#N)ccn5)C(=O)NCCNC(=O)CCCc5ccc(C)cc5)nc4)c3c2)cc1N. The fourth-order valence-corrected chi connectivity index (χ4v) is 10.7. The maximum Gasteiger partial charge on any atom is 0.407 e. The third-order valence-corrected chi connectivity index (χ3v) is 15.5. The molecular formula is C58H63F2N13O9S2. The normalized spacial score (nSPS) is 13.7. The van der Waals surface area contributed by atoms with Crippen molar-refractivity contribution in [1.29, 1.82) is 5.26 Å². The Morgan fingerprint density at radius 2 is 1.54 bits per heavy atom. The van der Waals surface area contributed by atoms with Crippen LogP contribution in [-0.2, 0) is 48.3 Å². The predicted octanol–water partition coefficient (Wildman–Crippen LogP) is 5.59. The summed E-state index contributed by atoms with van der Waals surface area (Å²) >= 11 is 0. The molecule has 22 nitrogen and oxygen atoms in total. The molecule has 1 saturated heterocycles. The number of carbonyl (C=O) groups is 7. The molecule has 440 valence electrons. The molecule has 0 radical (unpaired) electrons. The topological polar surface area (TPSA) is 315 Å². The lowest BCUT2D eigenvalue weighted by Gasteiger charge is -2.19. The molecule has 1 aliphatic heterocycles. The molecule has 6 aromatic rings. The number of alkyl halides is 2. The number of nitrogens with two attached hydrogens (primary N) is 1. The largest absolute Gasteiger partial charge is 0.480 e. The van der Waals surface area contributed by atoms with Gasteiger partial charge in [-0.1, -0.05) is 63.5 Å². The number of amides is 7. The van der Waals surface area contributed by atoms with Gasteiger partial charge in [0.25, 0.3) is 11.8 Å². The van der Waals surface area contributed by atoms with Crippen LogP contribution in [0, 0.1) is 18.3 Å². The zero-order valence-corrected chi connectivity index (χ0v) is 47.7. The molecule has 0 bridgehead atoms. The maximum atomic E-state index is 13.8. The van der Waals surface area contributed by atoms with Crippen LogP contribution in [0.4, 0.5) is 19.3 Å². The van der Waals surface area contributed by atoms with Crippen molar-refractivity contribution in [1.82, 2.24) is 56.7 Å². The number of rotatable bonds is 28. The smallest absolute Gasteiger partial charge is 0.407 e. The summed E-state index contributed by atoms with van der Waals surface area (Å²) in [6, 6.07) is 23.4. The highest BCUT2D eigenvalue weighted by molar-refractivity contribution is 8.76. The van der Waals surface area contributed by atoms with Gasteiger partial charge in [-0.25, -0.2) is 18.6 Å². The first kappa shape index (κ1) is 62.6. The summed E-state index contributed by atoms with van der Waals surface area (Å²) in [4.78, 5) is 108. The number of ether oxygens (including phenoxy) is 2. The highest BCUT2D eigenvalue weighted by Crippen LogP contribution is 2.34. The average molecular weight is 1190 g/mol. The minimum absolute atomic E-state index is 0.0662. The van der Waals surface area contributed by atoms with Crippen LogP contribution in [0.2, 0.25) is 0 Å². The van der Waals surface area contributed by atoms with E-state index in [9.17, 15) is 47.6 Å². The van der Waals surface area contributed by atoms with Crippen molar-refractivity contribution in [3.8, 4) is 34.2 Å². The van der Waals surface area contributed by atoms with E-state index in [1.165, 1.54) is 47.0 Å². The monoisotopic (exact) mass is 1190 g/mol. The standard InChI is InChI=1S/C58H63F2N13O9S2/c1-36-6-8-37(9-7-36)4-3-5-50(74)65-20-21-66-55(79)49(72-52(76)15-14-51(75)69-31-43-24-39(16-18-63-43)54(78)70-32-53(77)73-35-58(59,60)27-44(73)28-61)34-84-83-23-22-67-57(80)82-33-42-12-10-40(29-68-42)45-17-19-64-48-13-11-38(25-46(45)48)41-26-47(62)56(81-2)71-30-41/h6-13,16-19,24-26,29-30,44,49H,3-5,14-15,20-23,27,31-35,62H2,1-2H3,(H,65,74)(H,66,79)(H,67,80)(H,69,75)(H,70,78)(H,72,76)/t44-,49?/m0/s1. The molecule has 2 aromatic carbocycles. The van der Waals surface area contributed by atoms with Gasteiger partial charge in [-0.05, 0) is 78.9 Å². The molecule has 0 spiro atoms. The molecule has 5 heterocycles. The van der Waals surface area contributed by atoms with Crippen LogP contribution in [0.3, 0.4) is 0 Å². The summed E-state index contributed by atoms with van der Waals surface area (Å²) < 4.78 is 38.3. The van der Waals surface area contributed by atoms with Crippen molar-refractivity contribution in [2.24, 2.45) is 0 Å². The lowest BCUT2D eigenvalue weighted by atomic mass is 9.98. The molecule has 1 fully saturated rings. The fraction of sp³-hybridized carbons (Fsp3) is 0.345. The van der Waals surface area contributed by atoms with Gasteiger partial charge in [-0.2, -0.15) is 5.26 Å². The van der Waals surface area contributed by atoms with Crippen molar-refractivity contribution in [3.63, 3.8) is 0 Å². The number of nitrogen functional groups attached to an aromatic ring is 1. The number of benzene rings is 2. The summed E-state index contributed by atoms with van der Waals surface area (Å²) in [6.45, 7) is 0.693. The molecule has 26 heteroatoms. The van der Waals surface area contributed by atoms with Crippen LogP contribution in [0.1, 0.15) is 65.0 Å². The Hall–Kier alpha value is -8.96. The molecule has 1 unspecified atom stereocenters. The number of fused-ring (bicyclic) bond motifs is 1. The lowest BCUT2D eigenvalue weighted by Crippen LogP contribution is -2.49. The van der Waals surface area contributed by atoms with Crippen molar-refractivity contribution < 1.29 is 51.8 Å². The number of carbonyl (C=O) groups excluding carboxylic acids is 7. The number of likely N-dealkylation sites (tertiary alicyclic amines) is 1. The molecule has 7 rings (SSSR count). The van der Waals surface area contributed by atoms with Gasteiger partial charge in [0.2, 0.25) is 35.4 Å². The number of halogens is 2. The Labute approximate surface area is 491 Å². The predicted molar refractivity (Wildman–Crippen MR) is 313 cm³/mol. The first-order chi connectivity index (χ1) is 40.5. The van der Waals surface area contributed by atoms with E-state index < -0.39 is 73.1 Å². The summed E-state index contributed by atoms with van der Waals surface area (Å²) in [5.74, 6) is -5.72. The Bertz CT molecular complexity index is 3360. The zero-order chi connectivity index (χ0) is 60.0. The van der Waals surface area contributed by atoms with Crippen molar-refractivity contribution in [3.05, 3.63) is 132 Å². The van der Waals surface area contributed by atoms with Crippen molar-refractivity contribution >= 4 is 79.7 Å². The van der Waals surface area contributed by atoms with E-state index >= 15 is 0 Å². The van der Waals surface area contributed by atoms with E-state index in [2.05, 4.69) is 51.8 Å². The number of aryl methyl sites for hydroxylation is 2. The Morgan fingerprint density at radius 1 is 0.786 bits per heavy atom. The Balaban J connectivity index is 0.835. The van der Waals surface area contributed by atoms with Crippen molar-refractivity contribution in [2.75, 3.05) is 57.1 Å². The van der Waals surface area contributed by atoms with Gasteiger partial charge in [0, 0.05) is 104 Å². The van der Waals surface area contributed by atoms with E-state index in [1.54, 1.807) is 36.8 Å². The molecule has 8 N–H and O–H groups in total. The minimum atomic E-state index is -3.21. The number of pyridine rings is 4. The Morgan fingerprint density at radius 3 is 2.30 bits per heavy atom. The van der Waals surface area contributed by atoms with E-state index in [0.717, 1.165) is 55.6 Å². The van der Waals surface area contributed by atoms with Crippen LogP contribution < -0.4 is 42.4 Å². The van der Waals surface area contributed by atoms with Crippen LogP contribution in [0.5, 0.6) is 5.88 Å². The number of methoxy groups -OCH3 is 1. The summed E-state index contributed by atoms with van der Waals surface area (Å²) in [6.07, 6.45) is 6.11. The number of hydrogen-bond acceptors (Lipinski definition) is 17. The molecule has 4 aromatic heterocycles. The van der Waals surface area contributed by atoms with Gasteiger partial charge in [0.05, 0.1) is 55.4 Å². The number of anilines is 1. The van der Waals surface area contributed by atoms with Crippen LogP contribution >= 0.6 is 21.6 Å². The quantitative estimate of drug-likeness (QED) is 0.0233. The first-order valence-electron chi connectivity index (χ1n) is 26.7. The molecule has 0 aliphatic carbocycles. The second-order valence-corrected chi connectivity index (χ2v) is 22.0. The number of aromatic nitrogens is 4. The third kappa shape index (κ3) is 19.1. The molecule has 84 heavy (non-hydrogen) atoms. The number of nitrogens with one attached hydrogen (secondary N) is 6.